The summed E-state index contributed by atoms with van der Waals surface area (Å²) in [5, 5.41) is 0.998. The average molecular weight is 296 g/mol. The largest absolute Gasteiger partial charge is 0.456 e. The highest BCUT2D eigenvalue weighted by atomic mass is 32.2. The van der Waals surface area contributed by atoms with Crippen LogP contribution in [0.1, 0.15) is 5.56 Å². The molecule has 106 valence electrons. The minimum absolute atomic E-state index is 0.454. The molecule has 1 aromatic heterocycles. The first-order valence-corrected chi connectivity index (χ1v) is 7.93. The van der Waals surface area contributed by atoms with Crippen molar-refractivity contribution in [3.8, 4) is 11.5 Å². The molecule has 0 fully saturated rings. The number of pyridine rings is 1. The molecule has 4 heteroatoms. The lowest BCUT2D eigenvalue weighted by Crippen LogP contribution is -2.01. The van der Waals surface area contributed by atoms with Gasteiger partial charge in [-0.25, -0.2) is 0 Å². The van der Waals surface area contributed by atoms with Gasteiger partial charge in [-0.3, -0.25) is 4.98 Å². The molecule has 21 heavy (non-hydrogen) atoms. The standard InChI is InChI=1S/C17H16N2OS/c1-21-17-9-3-8-16(13(17)11-18)20-15-7-2-6-14-12(15)5-4-10-19-14/h2-10H,11,18H2,1H3. The molecule has 0 radical (unpaired) electrons. The predicted octanol–water partition coefficient (Wildman–Crippen LogP) is 4.21. The van der Waals surface area contributed by atoms with Gasteiger partial charge < -0.3 is 10.5 Å². The first-order valence-electron chi connectivity index (χ1n) is 6.71. The number of rotatable bonds is 4. The van der Waals surface area contributed by atoms with Gasteiger partial charge in [-0.05, 0) is 42.7 Å². The average Bonchev–Trinajstić information content (AvgIpc) is 2.55. The van der Waals surface area contributed by atoms with E-state index in [1.165, 1.54) is 0 Å². The van der Waals surface area contributed by atoms with Crippen LogP contribution in [0.15, 0.2) is 59.6 Å². The summed E-state index contributed by atoms with van der Waals surface area (Å²) in [6, 6.07) is 15.8. The summed E-state index contributed by atoms with van der Waals surface area (Å²) in [7, 11) is 0. The van der Waals surface area contributed by atoms with Crippen molar-refractivity contribution < 1.29 is 4.74 Å². The Hall–Kier alpha value is -2.04. The molecule has 1 heterocycles. The molecule has 3 rings (SSSR count). The molecule has 0 saturated heterocycles. The van der Waals surface area contributed by atoms with Crippen molar-refractivity contribution in [2.24, 2.45) is 5.73 Å². The molecule has 3 aromatic rings. The summed E-state index contributed by atoms with van der Waals surface area (Å²) >= 11 is 1.68. The SMILES string of the molecule is CSc1cccc(Oc2cccc3ncccc23)c1CN. The highest BCUT2D eigenvalue weighted by Gasteiger charge is 2.10. The molecule has 0 saturated carbocycles. The van der Waals surface area contributed by atoms with Crippen LogP contribution in [0, 0.1) is 0 Å². The first-order chi connectivity index (χ1) is 10.3. The lowest BCUT2D eigenvalue weighted by atomic mass is 10.2. The van der Waals surface area contributed by atoms with E-state index in [0.29, 0.717) is 6.54 Å². The van der Waals surface area contributed by atoms with Crippen molar-refractivity contribution in [1.29, 1.82) is 0 Å². The van der Waals surface area contributed by atoms with E-state index in [-0.39, 0.29) is 0 Å². The van der Waals surface area contributed by atoms with Gasteiger partial charge >= 0.3 is 0 Å². The molecule has 0 bridgehead atoms. The third-order valence-electron chi connectivity index (χ3n) is 3.34. The highest BCUT2D eigenvalue weighted by molar-refractivity contribution is 7.98. The Balaban J connectivity index is 2.07. The van der Waals surface area contributed by atoms with Crippen LogP contribution in [0.4, 0.5) is 0 Å². The third-order valence-corrected chi connectivity index (χ3v) is 4.16. The van der Waals surface area contributed by atoms with Crippen LogP contribution in [-0.4, -0.2) is 11.2 Å². The fourth-order valence-corrected chi connectivity index (χ4v) is 2.96. The summed E-state index contributed by atoms with van der Waals surface area (Å²) in [4.78, 5) is 5.50. The third kappa shape index (κ3) is 2.73. The van der Waals surface area contributed by atoms with Crippen LogP contribution in [0.25, 0.3) is 10.9 Å². The van der Waals surface area contributed by atoms with Gasteiger partial charge in [0.2, 0.25) is 0 Å². The van der Waals surface area contributed by atoms with E-state index < -0.39 is 0 Å². The van der Waals surface area contributed by atoms with Crippen LogP contribution in [0.5, 0.6) is 11.5 Å². The Bertz CT molecular complexity index is 768. The molecule has 0 spiro atoms. The van der Waals surface area contributed by atoms with Crippen LogP contribution >= 0.6 is 11.8 Å². The second-order valence-corrected chi connectivity index (χ2v) is 5.42. The topological polar surface area (TPSA) is 48.1 Å². The Morgan fingerprint density at radius 1 is 1.05 bits per heavy atom. The molecule has 0 atom stereocenters. The van der Waals surface area contributed by atoms with Gasteiger partial charge in [-0.15, -0.1) is 11.8 Å². The van der Waals surface area contributed by atoms with Gasteiger partial charge in [0.1, 0.15) is 11.5 Å². The molecule has 0 unspecified atom stereocenters. The molecule has 0 aliphatic heterocycles. The maximum absolute atomic E-state index is 6.12. The van der Waals surface area contributed by atoms with Crippen LogP contribution in [0.2, 0.25) is 0 Å². The van der Waals surface area contributed by atoms with E-state index in [9.17, 15) is 0 Å². The summed E-state index contributed by atoms with van der Waals surface area (Å²) in [5.41, 5.74) is 7.84. The van der Waals surface area contributed by atoms with Crippen molar-refractivity contribution >= 4 is 22.7 Å². The zero-order valence-corrected chi connectivity index (χ0v) is 12.6. The highest BCUT2D eigenvalue weighted by Crippen LogP contribution is 2.34. The minimum Gasteiger partial charge on any atom is -0.456 e. The number of thioether (sulfide) groups is 1. The lowest BCUT2D eigenvalue weighted by Gasteiger charge is -2.14. The number of hydrogen-bond donors (Lipinski definition) is 1. The number of hydrogen-bond acceptors (Lipinski definition) is 4. The Kier molecular flexibility index (Phi) is 4.08. The normalized spacial score (nSPS) is 10.8. The molecule has 3 nitrogen and oxygen atoms in total. The van der Waals surface area contributed by atoms with E-state index in [0.717, 1.165) is 32.9 Å². The molecule has 2 N–H and O–H groups in total. The van der Waals surface area contributed by atoms with Crippen molar-refractivity contribution in [3.05, 3.63) is 60.3 Å². The van der Waals surface area contributed by atoms with E-state index in [4.69, 9.17) is 10.5 Å². The van der Waals surface area contributed by atoms with Crippen molar-refractivity contribution in [2.45, 2.75) is 11.4 Å². The van der Waals surface area contributed by atoms with E-state index in [1.807, 2.05) is 48.7 Å². The number of aromatic nitrogens is 1. The van der Waals surface area contributed by atoms with Gasteiger partial charge in [0.25, 0.3) is 0 Å². The number of nitrogens with two attached hydrogens (primary N) is 1. The fraction of sp³-hybridized carbons (Fsp3) is 0.118. The molecular formula is C17H16N2OS. The van der Waals surface area contributed by atoms with Gasteiger partial charge in [0.15, 0.2) is 0 Å². The quantitative estimate of drug-likeness (QED) is 0.733. The number of benzene rings is 2. The van der Waals surface area contributed by atoms with E-state index in [1.54, 1.807) is 18.0 Å². The Morgan fingerprint density at radius 3 is 2.67 bits per heavy atom. The summed E-state index contributed by atoms with van der Waals surface area (Å²) in [6.07, 6.45) is 3.83. The van der Waals surface area contributed by atoms with Crippen molar-refractivity contribution in [3.63, 3.8) is 0 Å². The Morgan fingerprint density at radius 2 is 1.86 bits per heavy atom. The molecule has 0 amide bonds. The summed E-state index contributed by atoms with van der Waals surface area (Å²) in [5.74, 6) is 1.61. The lowest BCUT2D eigenvalue weighted by molar-refractivity contribution is 0.479. The van der Waals surface area contributed by atoms with Crippen molar-refractivity contribution in [1.82, 2.24) is 4.98 Å². The molecule has 2 aromatic carbocycles. The maximum Gasteiger partial charge on any atom is 0.136 e. The van der Waals surface area contributed by atoms with Crippen molar-refractivity contribution in [2.75, 3.05) is 6.26 Å². The number of nitrogens with zero attached hydrogens (tertiary/aromatic N) is 1. The van der Waals surface area contributed by atoms with Gasteiger partial charge in [0.05, 0.1) is 5.52 Å². The zero-order chi connectivity index (χ0) is 14.7. The van der Waals surface area contributed by atoms with Crippen LogP contribution in [-0.2, 0) is 6.54 Å². The second kappa shape index (κ2) is 6.16. The van der Waals surface area contributed by atoms with E-state index >= 15 is 0 Å². The molecule has 0 aliphatic rings. The minimum atomic E-state index is 0.454. The Labute approximate surface area is 128 Å². The molecular weight excluding hydrogens is 280 g/mol. The smallest absolute Gasteiger partial charge is 0.136 e. The van der Waals surface area contributed by atoms with Gasteiger partial charge in [0, 0.05) is 28.6 Å². The van der Waals surface area contributed by atoms with Crippen LogP contribution in [0.3, 0.4) is 0 Å². The summed E-state index contributed by atoms with van der Waals surface area (Å²) in [6.45, 7) is 0.454. The van der Waals surface area contributed by atoms with Gasteiger partial charge in [-0.2, -0.15) is 0 Å². The van der Waals surface area contributed by atoms with Gasteiger partial charge in [-0.1, -0.05) is 12.1 Å². The monoisotopic (exact) mass is 296 g/mol. The zero-order valence-electron chi connectivity index (χ0n) is 11.7. The maximum atomic E-state index is 6.12. The van der Waals surface area contributed by atoms with Crippen LogP contribution < -0.4 is 10.5 Å². The summed E-state index contributed by atoms with van der Waals surface area (Å²) < 4.78 is 6.12. The predicted molar refractivity (Wildman–Crippen MR) is 87.9 cm³/mol. The van der Waals surface area contributed by atoms with E-state index in [2.05, 4.69) is 11.1 Å². The fourth-order valence-electron chi connectivity index (χ4n) is 2.32. The second-order valence-electron chi connectivity index (χ2n) is 4.57. The number of fused-ring (bicyclic) bond motifs is 1. The first kappa shape index (κ1) is 13.9. The number of ether oxygens (including phenoxy) is 1. The molecule has 0 aliphatic carbocycles.